The van der Waals surface area contributed by atoms with Gasteiger partial charge >= 0.3 is 0 Å². The Kier molecular flexibility index (Phi) is 8.25. The lowest BCUT2D eigenvalue weighted by Crippen LogP contribution is -2.42. The number of amides is 1. The van der Waals surface area contributed by atoms with E-state index >= 15 is 0 Å². The predicted octanol–water partition coefficient (Wildman–Crippen LogP) is 2.68. The van der Waals surface area contributed by atoms with Crippen LogP contribution < -0.4 is 5.73 Å². The number of carbonyl (C=O) groups is 1. The number of rotatable bonds is 10. The Morgan fingerprint density at radius 3 is 2.42 bits per heavy atom. The first-order valence-electron chi connectivity index (χ1n) is 9.11. The van der Waals surface area contributed by atoms with Crippen molar-refractivity contribution >= 4 is 5.91 Å². The molecule has 5 heteroatoms. The standard InChI is InChI=1S/C21H28FN3O/c1-2-25(16-19-9-6-10-20(22)15-19)21(26)17-24(14-12-23)13-11-18-7-4-3-5-8-18/h3-10,15H,2,11-14,16-17,23H2,1H3. The normalized spacial score (nSPS) is 10.9. The van der Waals surface area contributed by atoms with Gasteiger partial charge in [0, 0.05) is 32.7 Å². The summed E-state index contributed by atoms with van der Waals surface area (Å²) in [5.74, 6) is -0.239. The Morgan fingerprint density at radius 1 is 1.04 bits per heavy atom. The highest BCUT2D eigenvalue weighted by atomic mass is 19.1. The van der Waals surface area contributed by atoms with E-state index in [1.165, 1.54) is 17.7 Å². The Bertz CT molecular complexity index is 678. The van der Waals surface area contributed by atoms with Crippen molar-refractivity contribution in [2.45, 2.75) is 19.9 Å². The van der Waals surface area contributed by atoms with Crippen LogP contribution in [-0.2, 0) is 17.8 Å². The second-order valence-corrected chi connectivity index (χ2v) is 6.34. The molecular weight excluding hydrogens is 329 g/mol. The van der Waals surface area contributed by atoms with Crippen LogP contribution in [0.2, 0.25) is 0 Å². The van der Waals surface area contributed by atoms with Crippen LogP contribution in [0.4, 0.5) is 4.39 Å². The monoisotopic (exact) mass is 357 g/mol. The molecule has 4 nitrogen and oxygen atoms in total. The molecule has 2 N–H and O–H groups in total. The van der Waals surface area contributed by atoms with Gasteiger partial charge in [0.2, 0.25) is 5.91 Å². The first kappa shape index (κ1) is 20.1. The summed E-state index contributed by atoms with van der Waals surface area (Å²) in [4.78, 5) is 16.5. The zero-order chi connectivity index (χ0) is 18.8. The zero-order valence-corrected chi connectivity index (χ0v) is 15.4. The molecule has 0 spiro atoms. The summed E-state index contributed by atoms with van der Waals surface area (Å²) >= 11 is 0. The number of hydrogen-bond acceptors (Lipinski definition) is 3. The topological polar surface area (TPSA) is 49.6 Å². The zero-order valence-electron chi connectivity index (χ0n) is 15.4. The van der Waals surface area contributed by atoms with Crippen LogP contribution in [0.1, 0.15) is 18.1 Å². The fourth-order valence-electron chi connectivity index (χ4n) is 2.91. The van der Waals surface area contributed by atoms with Gasteiger partial charge in [0.1, 0.15) is 5.82 Å². The number of nitrogens with zero attached hydrogens (tertiary/aromatic N) is 2. The summed E-state index contributed by atoms with van der Waals surface area (Å²) < 4.78 is 13.4. The minimum Gasteiger partial charge on any atom is -0.338 e. The average Bonchev–Trinajstić information content (AvgIpc) is 2.65. The van der Waals surface area contributed by atoms with E-state index < -0.39 is 0 Å². The van der Waals surface area contributed by atoms with Crippen molar-refractivity contribution in [3.63, 3.8) is 0 Å². The second-order valence-electron chi connectivity index (χ2n) is 6.34. The first-order valence-corrected chi connectivity index (χ1v) is 9.11. The molecule has 0 aliphatic carbocycles. The number of halogens is 1. The highest BCUT2D eigenvalue weighted by Gasteiger charge is 2.16. The van der Waals surface area contributed by atoms with Crippen molar-refractivity contribution in [1.82, 2.24) is 9.80 Å². The van der Waals surface area contributed by atoms with Gasteiger partial charge in [-0.25, -0.2) is 4.39 Å². The molecule has 0 bridgehead atoms. The van der Waals surface area contributed by atoms with Crippen LogP contribution in [0.15, 0.2) is 54.6 Å². The fraction of sp³-hybridized carbons (Fsp3) is 0.381. The molecule has 0 aliphatic rings. The van der Waals surface area contributed by atoms with Gasteiger partial charge in [0.05, 0.1) is 6.54 Å². The van der Waals surface area contributed by atoms with Crippen LogP contribution in [-0.4, -0.2) is 48.4 Å². The van der Waals surface area contributed by atoms with E-state index in [9.17, 15) is 9.18 Å². The van der Waals surface area contributed by atoms with Gasteiger partial charge in [-0.15, -0.1) is 0 Å². The lowest BCUT2D eigenvalue weighted by molar-refractivity contribution is -0.132. The van der Waals surface area contributed by atoms with Crippen molar-refractivity contribution in [1.29, 1.82) is 0 Å². The van der Waals surface area contributed by atoms with Crippen LogP contribution >= 0.6 is 0 Å². The third kappa shape index (κ3) is 6.58. The molecule has 0 saturated heterocycles. The molecule has 0 heterocycles. The van der Waals surface area contributed by atoms with Crippen molar-refractivity contribution in [3.05, 3.63) is 71.5 Å². The molecule has 0 fully saturated rings. The van der Waals surface area contributed by atoms with E-state index in [1.54, 1.807) is 11.0 Å². The maximum absolute atomic E-state index is 13.4. The smallest absolute Gasteiger partial charge is 0.237 e. The molecule has 0 atom stereocenters. The van der Waals surface area contributed by atoms with E-state index in [0.717, 1.165) is 18.5 Å². The molecule has 0 saturated carbocycles. The number of benzene rings is 2. The van der Waals surface area contributed by atoms with Gasteiger partial charge in [-0.1, -0.05) is 42.5 Å². The van der Waals surface area contributed by atoms with Crippen LogP contribution in [0.25, 0.3) is 0 Å². The summed E-state index contributed by atoms with van der Waals surface area (Å²) in [6, 6.07) is 16.6. The van der Waals surface area contributed by atoms with E-state index in [0.29, 0.717) is 32.7 Å². The molecule has 0 radical (unpaired) electrons. The minimum absolute atomic E-state index is 0.0401. The summed E-state index contributed by atoms with van der Waals surface area (Å²) in [6.07, 6.45) is 0.879. The van der Waals surface area contributed by atoms with Gasteiger partial charge in [-0.3, -0.25) is 9.69 Å². The van der Waals surface area contributed by atoms with Crippen LogP contribution in [0.3, 0.4) is 0 Å². The molecule has 26 heavy (non-hydrogen) atoms. The predicted molar refractivity (Wildman–Crippen MR) is 103 cm³/mol. The Balaban J connectivity index is 1.93. The van der Waals surface area contributed by atoms with Crippen molar-refractivity contribution in [2.75, 3.05) is 32.7 Å². The number of likely N-dealkylation sites (N-methyl/N-ethyl adjacent to an activating group) is 1. The summed E-state index contributed by atoms with van der Waals surface area (Å²) in [6.45, 7) is 5.24. The molecule has 0 aliphatic heterocycles. The molecule has 1 amide bonds. The van der Waals surface area contributed by atoms with Gasteiger partial charge in [-0.2, -0.15) is 0 Å². The second kappa shape index (κ2) is 10.7. The van der Waals surface area contributed by atoms with E-state index in [1.807, 2.05) is 31.2 Å². The van der Waals surface area contributed by atoms with E-state index in [2.05, 4.69) is 17.0 Å². The first-order chi connectivity index (χ1) is 12.6. The van der Waals surface area contributed by atoms with Gasteiger partial charge in [0.15, 0.2) is 0 Å². The Morgan fingerprint density at radius 2 is 1.77 bits per heavy atom. The van der Waals surface area contributed by atoms with Crippen LogP contribution in [0, 0.1) is 5.82 Å². The summed E-state index contributed by atoms with van der Waals surface area (Å²) in [5, 5.41) is 0. The Labute approximate surface area is 155 Å². The quantitative estimate of drug-likeness (QED) is 0.711. The number of nitrogens with two attached hydrogens (primary N) is 1. The van der Waals surface area contributed by atoms with Gasteiger partial charge in [-0.05, 0) is 36.6 Å². The SMILES string of the molecule is CCN(Cc1cccc(F)c1)C(=O)CN(CCN)CCc1ccccc1. The molecule has 0 unspecified atom stereocenters. The minimum atomic E-state index is -0.279. The molecule has 2 rings (SSSR count). The molecule has 2 aromatic rings. The average molecular weight is 357 g/mol. The lowest BCUT2D eigenvalue weighted by atomic mass is 10.1. The summed E-state index contributed by atoms with van der Waals surface area (Å²) in [7, 11) is 0. The maximum atomic E-state index is 13.4. The fourth-order valence-corrected chi connectivity index (χ4v) is 2.91. The molecular formula is C21H28FN3O. The highest BCUT2D eigenvalue weighted by molar-refractivity contribution is 5.78. The molecule has 0 aromatic heterocycles. The lowest BCUT2D eigenvalue weighted by Gasteiger charge is -2.26. The van der Waals surface area contributed by atoms with Crippen LogP contribution in [0.5, 0.6) is 0 Å². The van der Waals surface area contributed by atoms with E-state index in [4.69, 9.17) is 5.73 Å². The number of hydrogen-bond donors (Lipinski definition) is 1. The maximum Gasteiger partial charge on any atom is 0.237 e. The third-order valence-corrected chi connectivity index (χ3v) is 4.36. The highest BCUT2D eigenvalue weighted by Crippen LogP contribution is 2.08. The van der Waals surface area contributed by atoms with Gasteiger partial charge < -0.3 is 10.6 Å². The number of carbonyl (C=O) groups excluding carboxylic acids is 1. The molecule has 140 valence electrons. The summed E-state index contributed by atoms with van der Waals surface area (Å²) in [5.41, 5.74) is 7.76. The van der Waals surface area contributed by atoms with Crippen molar-refractivity contribution in [3.8, 4) is 0 Å². The molecule has 2 aromatic carbocycles. The van der Waals surface area contributed by atoms with Crippen molar-refractivity contribution in [2.24, 2.45) is 5.73 Å². The van der Waals surface area contributed by atoms with Crippen molar-refractivity contribution < 1.29 is 9.18 Å². The van der Waals surface area contributed by atoms with Gasteiger partial charge in [0.25, 0.3) is 0 Å². The van der Waals surface area contributed by atoms with E-state index in [-0.39, 0.29) is 11.7 Å². The third-order valence-electron chi connectivity index (χ3n) is 4.36. The Hall–Kier alpha value is -2.24. The largest absolute Gasteiger partial charge is 0.338 e.